The molecule has 164 valence electrons. The number of hydrogen-bond donors (Lipinski definition) is 2. The first-order valence-electron chi connectivity index (χ1n) is 10.0. The van der Waals surface area contributed by atoms with Crippen LogP contribution in [0.3, 0.4) is 0 Å². The van der Waals surface area contributed by atoms with Crippen LogP contribution in [0, 0.1) is 5.92 Å². The predicted octanol–water partition coefficient (Wildman–Crippen LogP) is 5.27. The number of rotatable bonds is 4. The normalized spacial score (nSPS) is 15.3. The van der Waals surface area contributed by atoms with Gasteiger partial charge in [-0.1, -0.05) is 19.1 Å². The van der Waals surface area contributed by atoms with E-state index in [9.17, 15) is 18.0 Å². The summed E-state index contributed by atoms with van der Waals surface area (Å²) in [5.74, 6) is 0.812. The van der Waals surface area contributed by atoms with Crippen molar-refractivity contribution in [3.63, 3.8) is 0 Å². The van der Waals surface area contributed by atoms with Crippen LogP contribution >= 0.6 is 11.3 Å². The summed E-state index contributed by atoms with van der Waals surface area (Å²) in [6, 6.07) is 7.38. The zero-order chi connectivity index (χ0) is 22.0. The van der Waals surface area contributed by atoms with E-state index in [1.165, 1.54) is 17.4 Å². The van der Waals surface area contributed by atoms with Crippen LogP contribution in [0.4, 0.5) is 29.5 Å². The van der Waals surface area contributed by atoms with Gasteiger partial charge >= 0.3 is 12.2 Å². The Hall–Kier alpha value is -2.88. The maximum atomic E-state index is 13.2. The smallest absolute Gasteiger partial charge is 0.356 e. The molecule has 3 aromatic rings. The molecule has 0 spiro atoms. The number of thiazole rings is 1. The minimum atomic E-state index is -4.52. The SMILES string of the molecule is CC1CCN(c2nc(C(F)(F)F)ccc2CNC(=O)Nc2cccc3scnc23)CC1. The van der Waals surface area contributed by atoms with Crippen molar-refractivity contribution in [3.8, 4) is 0 Å². The number of amides is 2. The standard InChI is InChI=1S/C21H22F3N5OS/c1-13-7-9-29(10-8-13)19-14(5-6-17(28-19)21(22,23)24)11-25-20(30)27-15-3-2-4-16-18(15)26-12-31-16/h2-6,12-13H,7-11H2,1H3,(H2,25,27,30). The summed E-state index contributed by atoms with van der Waals surface area (Å²) < 4.78 is 40.6. The van der Waals surface area contributed by atoms with Crippen molar-refractivity contribution in [2.24, 2.45) is 5.92 Å². The summed E-state index contributed by atoms with van der Waals surface area (Å²) in [5, 5.41) is 5.49. The fourth-order valence-electron chi connectivity index (χ4n) is 3.60. The van der Waals surface area contributed by atoms with Gasteiger partial charge in [-0.05, 0) is 37.0 Å². The number of hydrogen-bond acceptors (Lipinski definition) is 5. The first-order chi connectivity index (χ1) is 14.8. The molecule has 1 fully saturated rings. The van der Waals surface area contributed by atoms with Crippen molar-refractivity contribution < 1.29 is 18.0 Å². The van der Waals surface area contributed by atoms with Crippen LogP contribution < -0.4 is 15.5 Å². The molecule has 10 heteroatoms. The molecule has 0 saturated carbocycles. The molecule has 0 radical (unpaired) electrons. The van der Waals surface area contributed by atoms with E-state index in [1.54, 1.807) is 11.6 Å². The first-order valence-corrected chi connectivity index (χ1v) is 10.9. The van der Waals surface area contributed by atoms with E-state index in [4.69, 9.17) is 0 Å². The molecule has 1 aliphatic heterocycles. The van der Waals surface area contributed by atoms with Gasteiger partial charge in [-0.25, -0.2) is 14.8 Å². The highest BCUT2D eigenvalue weighted by Crippen LogP contribution is 2.32. The molecule has 1 aromatic carbocycles. The molecule has 0 aliphatic carbocycles. The Bertz CT molecular complexity index is 1080. The lowest BCUT2D eigenvalue weighted by molar-refractivity contribution is -0.141. The third-order valence-corrected chi connectivity index (χ3v) is 6.17. The molecule has 31 heavy (non-hydrogen) atoms. The van der Waals surface area contributed by atoms with Gasteiger partial charge in [-0.3, -0.25) is 0 Å². The summed E-state index contributed by atoms with van der Waals surface area (Å²) in [6.45, 7) is 3.47. The van der Waals surface area contributed by atoms with Gasteiger partial charge in [-0.15, -0.1) is 11.3 Å². The number of pyridine rings is 1. The van der Waals surface area contributed by atoms with Gasteiger partial charge in [0.2, 0.25) is 0 Å². The van der Waals surface area contributed by atoms with Crippen molar-refractivity contribution >= 4 is 39.1 Å². The van der Waals surface area contributed by atoms with Gasteiger partial charge < -0.3 is 15.5 Å². The molecule has 2 amide bonds. The number of para-hydroxylation sites is 1. The van der Waals surface area contributed by atoms with E-state index >= 15 is 0 Å². The Morgan fingerprint density at radius 2 is 2.00 bits per heavy atom. The van der Waals surface area contributed by atoms with Crippen LogP contribution in [-0.4, -0.2) is 29.1 Å². The maximum Gasteiger partial charge on any atom is 0.433 e. The fourth-order valence-corrected chi connectivity index (χ4v) is 4.30. The largest absolute Gasteiger partial charge is 0.433 e. The molecule has 1 aliphatic rings. The molecule has 1 saturated heterocycles. The predicted molar refractivity (Wildman–Crippen MR) is 115 cm³/mol. The second-order valence-corrected chi connectivity index (χ2v) is 8.55. The summed E-state index contributed by atoms with van der Waals surface area (Å²) in [4.78, 5) is 22.5. The van der Waals surface area contributed by atoms with E-state index in [2.05, 4.69) is 27.5 Å². The molecule has 0 unspecified atom stereocenters. The third-order valence-electron chi connectivity index (χ3n) is 5.38. The number of benzene rings is 1. The highest BCUT2D eigenvalue weighted by molar-refractivity contribution is 7.16. The van der Waals surface area contributed by atoms with E-state index in [1.807, 2.05) is 17.0 Å². The average molecular weight is 450 g/mol. The summed E-state index contributed by atoms with van der Waals surface area (Å²) in [7, 11) is 0. The monoisotopic (exact) mass is 449 g/mol. The van der Waals surface area contributed by atoms with Gasteiger partial charge in [0.1, 0.15) is 17.0 Å². The Labute approximate surface area is 181 Å². The molecule has 2 aromatic heterocycles. The zero-order valence-corrected chi connectivity index (χ0v) is 17.7. The highest BCUT2D eigenvalue weighted by atomic mass is 32.1. The number of aromatic nitrogens is 2. The number of alkyl halides is 3. The Morgan fingerprint density at radius 1 is 1.23 bits per heavy atom. The van der Waals surface area contributed by atoms with Crippen molar-refractivity contribution in [2.75, 3.05) is 23.3 Å². The number of anilines is 2. The number of carbonyl (C=O) groups excluding carboxylic acids is 1. The Balaban J connectivity index is 1.50. The molecular formula is C21H22F3N5OS. The molecular weight excluding hydrogens is 427 g/mol. The second-order valence-electron chi connectivity index (χ2n) is 7.66. The second kappa shape index (κ2) is 8.70. The lowest BCUT2D eigenvalue weighted by Crippen LogP contribution is -2.35. The van der Waals surface area contributed by atoms with Crippen LogP contribution in [0.1, 0.15) is 31.0 Å². The first kappa shape index (κ1) is 21.4. The quantitative estimate of drug-likeness (QED) is 0.570. The summed E-state index contributed by atoms with van der Waals surface area (Å²) in [6.07, 6.45) is -2.74. The number of nitrogens with zero attached hydrogens (tertiary/aromatic N) is 3. The van der Waals surface area contributed by atoms with Crippen LogP contribution in [-0.2, 0) is 12.7 Å². The topological polar surface area (TPSA) is 70.2 Å². The van der Waals surface area contributed by atoms with Crippen LogP contribution in [0.15, 0.2) is 35.8 Å². The number of halogens is 3. The average Bonchev–Trinajstić information content (AvgIpc) is 3.22. The Morgan fingerprint density at radius 3 is 2.74 bits per heavy atom. The van der Waals surface area contributed by atoms with E-state index < -0.39 is 17.9 Å². The van der Waals surface area contributed by atoms with Gasteiger partial charge in [-0.2, -0.15) is 13.2 Å². The highest BCUT2D eigenvalue weighted by Gasteiger charge is 2.34. The summed E-state index contributed by atoms with van der Waals surface area (Å²) in [5.41, 5.74) is 2.59. The van der Waals surface area contributed by atoms with Crippen LogP contribution in [0.2, 0.25) is 0 Å². The third kappa shape index (κ3) is 4.90. The van der Waals surface area contributed by atoms with E-state index in [-0.39, 0.29) is 12.4 Å². The molecule has 2 N–H and O–H groups in total. The number of piperidine rings is 1. The maximum absolute atomic E-state index is 13.2. The lowest BCUT2D eigenvalue weighted by Gasteiger charge is -2.33. The molecule has 0 atom stereocenters. The zero-order valence-electron chi connectivity index (χ0n) is 16.9. The van der Waals surface area contributed by atoms with Crippen molar-refractivity contribution in [1.29, 1.82) is 0 Å². The van der Waals surface area contributed by atoms with Crippen LogP contribution in [0.25, 0.3) is 10.2 Å². The number of urea groups is 1. The van der Waals surface area contributed by atoms with Gasteiger partial charge in [0.05, 0.1) is 15.9 Å². The van der Waals surface area contributed by atoms with Crippen LogP contribution in [0.5, 0.6) is 0 Å². The summed E-state index contributed by atoms with van der Waals surface area (Å²) >= 11 is 1.47. The van der Waals surface area contributed by atoms with Gasteiger partial charge in [0.25, 0.3) is 0 Å². The Kier molecular flexibility index (Phi) is 5.99. The minimum absolute atomic E-state index is 0.0609. The molecule has 0 bridgehead atoms. The molecule has 6 nitrogen and oxygen atoms in total. The van der Waals surface area contributed by atoms with Crippen molar-refractivity contribution in [1.82, 2.24) is 15.3 Å². The van der Waals surface area contributed by atoms with E-state index in [0.717, 1.165) is 23.6 Å². The number of nitrogens with one attached hydrogen (secondary N) is 2. The van der Waals surface area contributed by atoms with Crippen molar-refractivity contribution in [3.05, 3.63) is 47.1 Å². The number of carbonyl (C=O) groups is 1. The lowest BCUT2D eigenvalue weighted by atomic mass is 9.99. The van der Waals surface area contributed by atoms with Crippen molar-refractivity contribution in [2.45, 2.75) is 32.5 Å². The number of fused-ring (bicyclic) bond motifs is 1. The fraction of sp³-hybridized carbons (Fsp3) is 0.381. The molecule has 3 heterocycles. The van der Waals surface area contributed by atoms with E-state index in [0.29, 0.717) is 35.8 Å². The minimum Gasteiger partial charge on any atom is -0.356 e. The van der Waals surface area contributed by atoms with Gasteiger partial charge in [0, 0.05) is 25.2 Å². The van der Waals surface area contributed by atoms with Gasteiger partial charge in [0.15, 0.2) is 0 Å². The molecule has 4 rings (SSSR count).